The van der Waals surface area contributed by atoms with E-state index in [4.69, 9.17) is 4.74 Å². The van der Waals surface area contributed by atoms with Gasteiger partial charge in [0.1, 0.15) is 12.1 Å². The van der Waals surface area contributed by atoms with Gasteiger partial charge in [-0.1, -0.05) is 30.0 Å². The number of thioether (sulfide) groups is 1. The maximum atomic E-state index is 12.4. The van der Waals surface area contributed by atoms with Crippen molar-refractivity contribution >= 4 is 45.7 Å². The Morgan fingerprint density at radius 1 is 1.07 bits per heavy atom. The van der Waals surface area contributed by atoms with Crippen LogP contribution in [0.1, 0.15) is 0 Å². The third kappa shape index (κ3) is 3.03. The minimum absolute atomic E-state index is 0.145. The van der Waals surface area contributed by atoms with Crippen molar-refractivity contribution in [2.45, 2.75) is 5.16 Å². The van der Waals surface area contributed by atoms with Gasteiger partial charge in [-0.3, -0.25) is 13.6 Å². The zero-order valence-corrected chi connectivity index (χ0v) is 16.1. The minimum Gasteiger partial charge on any atom is -0.497 e. The Morgan fingerprint density at radius 2 is 1.93 bits per heavy atom. The molecule has 10 heteroatoms. The summed E-state index contributed by atoms with van der Waals surface area (Å²) in [7, 11) is 1.59. The third-order valence-electron chi connectivity index (χ3n) is 4.45. The van der Waals surface area contributed by atoms with Crippen LogP contribution >= 0.6 is 11.8 Å². The number of nitrogens with one attached hydrogen (secondary N) is 1. The second kappa shape index (κ2) is 7.06. The molecule has 0 saturated carbocycles. The van der Waals surface area contributed by atoms with Gasteiger partial charge in [-0.25, -0.2) is 0 Å². The van der Waals surface area contributed by atoms with Gasteiger partial charge in [0.25, 0.3) is 0 Å². The van der Waals surface area contributed by atoms with Crippen molar-refractivity contribution in [1.82, 2.24) is 29.2 Å². The van der Waals surface area contributed by atoms with Crippen molar-refractivity contribution < 1.29 is 9.53 Å². The van der Waals surface area contributed by atoms with Gasteiger partial charge in [-0.15, -0.1) is 20.4 Å². The van der Waals surface area contributed by atoms with E-state index in [1.165, 1.54) is 11.8 Å². The van der Waals surface area contributed by atoms with E-state index in [9.17, 15) is 4.79 Å². The van der Waals surface area contributed by atoms with Gasteiger partial charge in [0.05, 0.1) is 23.9 Å². The summed E-state index contributed by atoms with van der Waals surface area (Å²) >= 11 is 1.31. The van der Waals surface area contributed by atoms with Crippen molar-refractivity contribution in [3.05, 3.63) is 54.9 Å². The molecule has 2 aromatic carbocycles. The van der Waals surface area contributed by atoms with Gasteiger partial charge in [-0.2, -0.15) is 0 Å². The summed E-state index contributed by atoms with van der Waals surface area (Å²) in [6, 6.07) is 15.1. The minimum atomic E-state index is -0.145. The highest BCUT2D eigenvalue weighted by Gasteiger charge is 2.17. The van der Waals surface area contributed by atoms with E-state index in [0.29, 0.717) is 27.9 Å². The molecule has 5 aromatic rings. The number of ether oxygens (including phenoxy) is 1. The van der Waals surface area contributed by atoms with Crippen molar-refractivity contribution in [3.63, 3.8) is 0 Å². The van der Waals surface area contributed by atoms with E-state index in [-0.39, 0.29) is 11.7 Å². The molecule has 29 heavy (non-hydrogen) atoms. The first kappa shape index (κ1) is 17.4. The Kier molecular flexibility index (Phi) is 4.24. The Hall–Kier alpha value is -3.66. The van der Waals surface area contributed by atoms with Crippen LogP contribution in [0.15, 0.2) is 60.0 Å². The van der Waals surface area contributed by atoms with Crippen LogP contribution in [-0.4, -0.2) is 48.0 Å². The fourth-order valence-corrected chi connectivity index (χ4v) is 3.92. The number of para-hydroxylation sites is 2. The molecule has 1 amide bonds. The predicted octanol–water partition coefficient (Wildman–Crippen LogP) is 2.66. The molecule has 144 valence electrons. The molecule has 0 radical (unpaired) electrons. The highest BCUT2D eigenvalue weighted by molar-refractivity contribution is 7.99. The highest BCUT2D eigenvalue weighted by Crippen LogP contribution is 2.25. The molecule has 0 aliphatic heterocycles. The van der Waals surface area contributed by atoms with E-state index in [1.807, 2.05) is 51.3 Å². The van der Waals surface area contributed by atoms with Gasteiger partial charge < -0.3 is 10.1 Å². The Bertz CT molecular complexity index is 1360. The summed E-state index contributed by atoms with van der Waals surface area (Å²) in [5, 5.41) is 20.2. The Balaban J connectivity index is 1.45. The quantitative estimate of drug-likeness (QED) is 0.449. The van der Waals surface area contributed by atoms with E-state index in [1.54, 1.807) is 19.5 Å². The monoisotopic (exact) mass is 405 g/mol. The molecule has 0 aliphatic carbocycles. The van der Waals surface area contributed by atoms with Crippen LogP contribution < -0.4 is 10.1 Å². The Labute approximate surface area is 168 Å². The largest absolute Gasteiger partial charge is 0.497 e. The van der Waals surface area contributed by atoms with Crippen molar-refractivity contribution in [2.24, 2.45) is 0 Å². The molecule has 0 atom stereocenters. The first-order chi connectivity index (χ1) is 14.2. The topological polar surface area (TPSA) is 98.7 Å². The van der Waals surface area contributed by atoms with E-state index < -0.39 is 0 Å². The van der Waals surface area contributed by atoms with Crippen LogP contribution in [0.2, 0.25) is 0 Å². The molecule has 5 rings (SSSR count). The first-order valence-corrected chi connectivity index (χ1v) is 9.75. The number of rotatable bonds is 5. The molecule has 9 nitrogen and oxygen atoms in total. The fourth-order valence-electron chi connectivity index (χ4n) is 3.17. The number of anilines is 1. The summed E-state index contributed by atoms with van der Waals surface area (Å²) in [4.78, 5) is 12.4. The van der Waals surface area contributed by atoms with Crippen molar-refractivity contribution in [1.29, 1.82) is 0 Å². The van der Waals surface area contributed by atoms with E-state index in [0.717, 1.165) is 11.0 Å². The lowest BCUT2D eigenvalue weighted by Gasteiger charge is -2.08. The lowest BCUT2D eigenvalue weighted by atomic mass is 10.3. The molecule has 3 aromatic heterocycles. The van der Waals surface area contributed by atoms with E-state index in [2.05, 4.69) is 25.7 Å². The van der Waals surface area contributed by atoms with Gasteiger partial charge in [0.15, 0.2) is 5.16 Å². The molecule has 0 fully saturated rings. The highest BCUT2D eigenvalue weighted by atomic mass is 32.2. The molecule has 0 bridgehead atoms. The summed E-state index contributed by atoms with van der Waals surface area (Å²) in [5.41, 5.74) is 3.73. The van der Waals surface area contributed by atoms with Crippen LogP contribution in [0.25, 0.3) is 22.3 Å². The lowest BCUT2D eigenvalue weighted by molar-refractivity contribution is -0.113. The number of nitrogens with zero attached hydrogens (tertiary/aromatic N) is 6. The van der Waals surface area contributed by atoms with Gasteiger partial charge in [0.2, 0.25) is 17.2 Å². The number of aromatic nitrogens is 6. The zero-order chi connectivity index (χ0) is 19.8. The normalized spacial score (nSPS) is 11.3. The number of hydrogen-bond acceptors (Lipinski definition) is 7. The summed E-state index contributed by atoms with van der Waals surface area (Å²) in [6.45, 7) is 0. The number of carbonyl (C=O) groups is 1. The van der Waals surface area contributed by atoms with Crippen LogP contribution in [0, 0.1) is 0 Å². The second-order valence-electron chi connectivity index (χ2n) is 6.22. The molecular weight excluding hydrogens is 390 g/mol. The Morgan fingerprint density at radius 3 is 2.79 bits per heavy atom. The smallest absolute Gasteiger partial charge is 0.234 e. The zero-order valence-electron chi connectivity index (χ0n) is 15.3. The number of methoxy groups -OCH3 is 1. The molecule has 0 spiro atoms. The molecule has 0 unspecified atom stereocenters. The van der Waals surface area contributed by atoms with Gasteiger partial charge >= 0.3 is 0 Å². The molecule has 0 aliphatic rings. The fraction of sp³-hybridized carbons (Fsp3) is 0.105. The maximum absolute atomic E-state index is 12.4. The average molecular weight is 405 g/mol. The van der Waals surface area contributed by atoms with Crippen molar-refractivity contribution in [2.75, 3.05) is 18.2 Å². The number of carbonyl (C=O) groups excluding carboxylic acids is 1. The molecular formula is C19H15N7O2S. The average Bonchev–Trinajstić information content (AvgIpc) is 3.40. The molecule has 1 N–H and O–H groups in total. The molecule has 3 heterocycles. The summed E-state index contributed by atoms with van der Waals surface area (Å²) in [6.07, 6.45) is 1.65. The predicted molar refractivity (Wildman–Crippen MR) is 109 cm³/mol. The number of hydrogen-bond donors (Lipinski definition) is 1. The number of amides is 1. The summed E-state index contributed by atoms with van der Waals surface area (Å²) < 4.78 is 8.97. The van der Waals surface area contributed by atoms with Crippen molar-refractivity contribution in [3.8, 4) is 5.75 Å². The van der Waals surface area contributed by atoms with Gasteiger partial charge in [0, 0.05) is 11.8 Å². The molecule has 0 saturated heterocycles. The van der Waals surface area contributed by atoms with Crippen LogP contribution in [0.4, 0.5) is 5.69 Å². The second-order valence-corrected chi connectivity index (χ2v) is 7.17. The SMILES string of the molecule is COc1cccc(NC(=O)CSc2nnc3c4nncn4c4ccccc4n23)c1. The standard InChI is InChI=1S/C19H15N7O2S/c1-28-13-6-4-5-12(9-13)21-16(27)10-29-19-24-23-18-17-22-20-11-25(17)14-7-2-3-8-15(14)26(18)19/h2-9,11H,10H2,1H3,(H,21,27). The van der Waals surface area contributed by atoms with Crippen LogP contribution in [0.3, 0.4) is 0 Å². The number of fused-ring (bicyclic) bond motifs is 6. The van der Waals surface area contributed by atoms with E-state index >= 15 is 0 Å². The summed E-state index contributed by atoms with van der Waals surface area (Å²) in [5.74, 6) is 0.722. The lowest BCUT2D eigenvalue weighted by Crippen LogP contribution is -2.14. The van der Waals surface area contributed by atoms with Crippen LogP contribution in [-0.2, 0) is 4.79 Å². The number of benzene rings is 2. The first-order valence-electron chi connectivity index (χ1n) is 8.77. The third-order valence-corrected chi connectivity index (χ3v) is 5.38. The maximum Gasteiger partial charge on any atom is 0.234 e. The van der Waals surface area contributed by atoms with Gasteiger partial charge in [-0.05, 0) is 24.3 Å². The van der Waals surface area contributed by atoms with Crippen LogP contribution in [0.5, 0.6) is 5.75 Å².